The van der Waals surface area contributed by atoms with Gasteiger partial charge in [-0.1, -0.05) is 0 Å². The van der Waals surface area contributed by atoms with Gasteiger partial charge in [-0.3, -0.25) is 4.79 Å². The summed E-state index contributed by atoms with van der Waals surface area (Å²) in [5.74, 6) is -0.158. The van der Waals surface area contributed by atoms with E-state index in [-0.39, 0.29) is 11.7 Å². The summed E-state index contributed by atoms with van der Waals surface area (Å²) in [6.45, 7) is 0. The molecule has 0 aromatic rings. The second kappa shape index (κ2) is 3.11. The average Bonchev–Trinajstić information content (AvgIpc) is 2.49. The van der Waals surface area contributed by atoms with Gasteiger partial charge in [0.1, 0.15) is 6.21 Å². The molecule has 0 bridgehead atoms. The molecule has 1 amide bonds. The van der Waals surface area contributed by atoms with E-state index in [0.717, 1.165) is 0 Å². The van der Waals surface area contributed by atoms with Crippen LogP contribution in [0.3, 0.4) is 0 Å². The minimum atomic E-state index is -0.222. The molecular formula is C7H8N4O. The van der Waals surface area contributed by atoms with Gasteiger partial charge in [-0.2, -0.15) is 0 Å². The van der Waals surface area contributed by atoms with E-state index in [1.165, 1.54) is 17.2 Å². The molecule has 1 heterocycles. The van der Waals surface area contributed by atoms with Crippen LogP contribution in [0.15, 0.2) is 16.6 Å². The number of amidine groups is 1. The molecule has 62 valence electrons. The van der Waals surface area contributed by atoms with Crippen LogP contribution in [0, 0.1) is 0 Å². The van der Waals surface area contributed by atoms with Gasteiger partial charge in [0, 0.05) is 20.2 Å². The summed E-state index contributed by atoms with van der Waals surface area (Å²) >= 11 is 0. The van der Waals surface area contributed by atoms with Crippen molar-refractivity contribution >= 4 is 18.0 Å². The predicted molar refractivity (Wildman–Crippen MR) is 43.9 cm³/mol. The Morgan fingerprint density at radius 2 is 2.33 bits per heavy atom. The van der Waals surface area contributed by atoms with E-state index in [9.17, 15) is 4.79 Å². The maximum atomic E-state index is 11.3. The molecule has 0 radical (unpaired) electrons. The van der Waals surface area contributed by atoms with Gasteiger partial charge in [-0.25, -0.2) is 0 Å². The minimum Gasteiger partial charge on any atom is -0.497 e. The van der Waals surface area contributed by atoms with Gasteiger partial charge in [0.25, 0.3) is 5.91 Å². The number of carbonyl (C=O) groups excluding carboxylic acids is 1. The number of hydrogen-bond donors (Lipinski definition) is 0. The average molecular weight is 164 g/mol. The third kappa shape index (κ3) is 1.31. The van der Waals surface area contributed by atoms with Gasteiger partial charge in [0.05, 0.1) is 0 Å². The number of carbonyl (C=O) groups is 1. The first kappa shape index (κ1) is 8.36. The van der Waals surface area contributed by atoms with Crippen LogP contribution in [0.4, 0.5) is 0 Å². The molecule has 0 atom stereocenters. The van der Waals surface area contributed by atoms with Crippen LogP contribution >= 0.6 is 0 Å². The Morgan fingerprint density at radius 3 is 2.83 bits per heavy atom. The minimum absolute atomic E-state index is 0.0636. The molecule has 0 aromatic carbocycles. The zero-order valence-electron chi connectivity index (χ0n) is 6.85. The maximum absolute atomic E-state index is 11.3. The summed E-state index contributed by atoms with van der Waals surface area (Å²) in [6.07, 6.45) is 2.93. The Kier molecular flexibility index (Phi) is 2.16. The van der Waals surface area contributed by atoms with Gasteiger partial charge < -0.3 is 15.2 Å². The van der Waals surface area contributed by atoms with Crippen molar-refractivity contribution in [2.75, 3.05) is 14.1 Å². The molecule has 0 fully saturated rings. The lowest BCUT2D eigenvalue weighted by atomic mass is 10.2. The standard InChI is InChI=1S/C7H8N4O/c1-11(2)7(12)5-3-4-9-6(5)10-8/h3-4H,1-2H3. The number of aliphatic imine (C=N–C) groups is 1. The summed E-state index contributed by atoms with van der Waals surface area (Å²) in [5, 5.41) is 0. The van der Waals surface area contributed by atoms with Crippen LogP contribution in [0.25, 0.3) is 5.53 Å². The Labute approximate surface area is 69.6 Å². The van der Waals surface area contributed by atoms with Crippen molar-refractivity contribution in [1.82, 2.24) is 4.90 Å². The lowest BCUT2D eigenvalue weighted by Gasteiger charge is -2.07. The number of likely N-dealkylation sites (N-methyl/N-ethyl adjacent to an activating group) is 1. The summed E-state index contributed by atoms with van der Waals surface area (Å²) in [7, 11) is 3.24. The van der Waals surface area contributed by atoms with Gasteiger partial charge in [-0.05, 0) is 4.99 Å². The van der Waals surface area contributed by atoms with Gasteiger partial charge in [-0.15, -0.1) is 0 Å². The van der Waals surface area contributed by atoms with Crippen molar-refractivity contribution in [2.24, 2.45) is 4.99 Å². The lowest BCUT2D eigenvalue weighted by molar-refractivity contribution is -0.124. The number of hydrogen-bond acceptors (Lipinski definition) is 1. The topological polar surface area (TPSA) is 69.1 Å². The lowest BCUT2D eigenvalue weighted by Crippen LogP contribution is -2.26. The van der Waals surface area contributed by atoms with E-state index in [0.29, 0.717) is 5.57 Å². The highest BCUT2D eigenvalue weighted by Crippen LogP contribution is 2.05. The Balaban J connectivity index is 2.94. The summed E-state index contributed by atoms with van der Waals surface area (Å²) in [5.41, 5.74) is 8.74. The molecule has 0 unspecified atom stereocenters. The molecule has 5 heteroatoms. The van der Waals surface area contributed by atoms with E-state index in [4.69, 9.17) is 5.53 Å². The quantitative estimate of drug-likeness (QED) is 0.388. The summed E-state index contributed by atoms with van der Waals surface area (Å²) in [4.78, 5) is 19.2. The van der Waals surface area contributed by atoms with Crippen molar-refractivity contribution < 1.29 is 9.58 Å². The molecule has 5 nitrogen and oxygen atoms in total. The Morgan fingerprint density at radius 1 is 1.67 bits per heavy atom. The maximum Gasteiger partial charge on any atom is 0.413 e. The van der Waals surface area contributed by atoms with E-state index < -0.39 is 0 Å². The molecule has 0 saturated heterocycles. The normalized spacial score (nSPS) is 14.2. The number of nitrogens with zero attached hydrogens (tertiary/aromatic N) is 4. The Hall–Kier alpha value is -1.74. The van der Waals surface area contributed by atoms with Gasteiger partial charge in [0.2, 0.25) is 0 Å². The number of rotatable bonds is 1. The number of amides is 1. The van der Waals surface area contributed by atoms with Crippen LogP contribution in [0.1, 0.15) is 0 Å². The van der Waals surface area contributed by atoms with Crippen LogP contribution in [0.2, 0.25) is 0 Å². The first-order chi connectivity index (χ1) is 5.66. The van der Waals surface area contributed by atoms with Crippen LogP contribution in [-0.4, -0.2) is 41.7 Å². The fraction of sp³-hybridized carbons (Fsp3) is 0.286. The van der Waals surface area contributed by atoms with E-state index in [1.807, 2.05) is 0 Å². The van der Waals surface area contributed by atoms with Gasteiger partial charge >= 0.3 is 5.84 Å². The highest BCUT2D eigenvalue weighted by atomic mass is 16.2. The van der Waals surface area contributed by atoms with Crippen LogP contribution in [0.5, 0.6) is 0 Å². The SMILES string of the molecule is CN(C)C(=O)C1=CC=NC1=[N+]=[N-]. The van der Waals surface area contributed by atoms with Crippen molar-refractivity contribution in [3.05, 3.63) is 17.2 Å². The molecule has 12 heavy (non-hydrogen) atoms. The monoisotopic (exact) mass is 164 g/mol. The fourth-order valence-corrected chi connectivity index (χ4v) is 0.814. The van der Waals surface area contributed by atoms with Crippen molar-refractivity contribution in [1.29, 1.82) is 0 Å². The summed E-state index contributed by atoms with van der Waals surface area (Å²) in [6, 6.07) is 0. The van der Waals surface area contributed by atoms with Crippen molar-refractivity contribution in [2.45, 2.75) is 0 Å². The van der Waals surface area contributed by atoms with Gasteiger partial charge in [0.15, 0.2) is 5.57 Å². The number of allylic oxidation sites excluding steroid dienone is 1. The Bertz CT molecular complexity index is 320. The molecule has 1 rings (SSSR count). The second-order valence-electron chi connectivity index (χ2n) is 2.48. The van der Waals surface area contributed by atoms with E-state index in [1.54, 1.807) is 14.1 Å². The highest BCUT2D eigenvalue weighted by molar-refractivity contribution is 6.25. The molecule has 1 aliphatic rings. The molecular weight excluding hydrogens is 156 g/mol. The van der Waals surface area contributed by atoms with E-state index in [2.05, 4.69) is 9.78 Å². The molecule has 0 saturated carbocycles. The largest absolute Gasteiger partial charge is 0.497 e. The first-order valence-electron chi connectivity index (χ1n) is 3.35. The fourth-order valence-electron chi connectivity index (χ4n) is 0.814. The molecule has 0 aromatic heterocycles. The molecule has 1 aliphatic heterocycles. The highest BCUT2D eigenvalue weighted by Gasteiger charge is 2.27. The van der Waals surface area contributed by atoms with Crippen molar-refractivity contribution in [3.63, 3.8) is 0 Å². The van der Waals surface area contributed by atoms with Crippen molar-refractivity contribution in [3.8, 4) is 0 Å². The predicted octanol–water partition coefficient (Wildman–Crippen LogP) is -0.286. The smallest absolute Gasteiger partial charge is 0.413 e. The zero-order chi connectivity index (χ0) is 9.14. The third-order valence-electron chi connectivity index (χ3n) is 1.41. The third-order valence-corrected chi connectivity index (χ3v) is 1.41. The second-order valence-corrected chi connectivity index (χ2v) is 2.48. The molecule has 0 N–H and O–H groups in total. The van der Waals surface area contributed by atoms with Crippen LogP contribution < -0.4 is 0 Å². The summed E-state index contributed by atoms with van der Waals surface area (Å²) < 4.78 is 0. The zero-order valence-corrected chi connectivity index (χ0v) is 6.85. The first-order valence-corrected chi connectivity index (χ1v) is 3.35. The van der Waals surface area contributed by atoms with Crippen LogP contribution in [-0.2, 0) is 4.79 Å². The molecule has 0 spiro atoms. The van der Waals surface area contributed by atoms with E-state index >= 15 is 0 Å². The molecule has 0 aliphatic carbocycles.